The minimum absolute atomic E-state index is 0.0360. The van der Waals surface area contributed by atoms with E-state index in [0.717, 1.165) is 112 Å². The van der Waals surface area contributed by atoms with Crippen molar-refractivity contribution in [3.63, 3.8) is 0 Å². The van der Waals surface area contributed by atoms with Crippen molar-refractivity contribution in [2.75, 3.05) is 82.8 Å². The van der Waals surface area contributed by atoms with Gasteiger partial charge in [0.2, 0.25) is 0 Å². The molecule has 17 nitrogen and oxygen atoms in total. The molecule has 6 aromatic rings. The summed E-state index contributed by atoms with van der Waals surface area (Å²) in [6, 6.07) is 33.0. The smallest absolute Gasteiger partial charge is 0.184 e. The summed E-state index contributed by atoms with van der Waals surface area (Å²) in [5, 5.41) is 6.56. The number of rotatable bonds is 11. The molecule has 0 radical (unpaired) electrons. The Morgan fingerprint density at radius 1 is 0.562 bits per heavy atom. The summed E-state index contributed by atoms with van der Waals surface area (Å²) in [4.78, 5) is 68.2. The molecule has 17 heteroatoms. The van der Waals surface area contributed by atoms with Gasteiger partial charge in [0.25, 0.3) is 0 Å². The Labute approximate surface area is 424 Å². The van der Waals surface area contributed by atoms with Gasteiger partial charge in [-0.05, 0) is 79.1 Å². The minimum Gasteiger partial charge on any atom is -0.385 e. The number of Topliss-reactive ketones (excluding diaryl/α,β-unsaturated/α-hetero) is 4. The molecule has 0 saturated carbocycles. The van der Waals surface area contributed by atoms with Gasteiger partial charge >= 0.3 is 0 Å². The molecular formula is C56H60N12O5. The van der Waals surface area contributed by atoms with Crippen LogP contribution in [0.4, 0.5) is 17.1 Å². The number of nitrogens with zero attached hydrogens (tertiary/aromatic N) is 6. The quantitative estimate of drug-likeness (QED) is 0.0902. The van der Waals surface area contributed by atoms with Gasteiger partial charge in [-0.15, -0.1) is 0 Å². The molecule has 0 spiro atoms. The van der Waals surface area contributed by atoms with Crippen LogP contribution in [0.25, 0.3) is 5.69 Å². The van der Waals surface area contributed by atoms with E-state index < -0.39 is 0 Å². The standard InChI is InChI=1S/C16H15N3O.C14H16N2O2.C13H12N4O.C13H17N3O/c17-9-15-13-7-6-12(8-14(13)16(20)10-18-15)19-11-4-2-1-3-5-11;15-6-13-12-5-9(10-3-4-18-8-10)1-2-11(12)14(17)7-16-13;14-6-12-11-5-9(17-4-3-15-8-17)1-2-10(11)13(18)7-16-12;1-2-5-15-9-3-4-10-11(6-9)13(17)8-16-12(10)7-14/h1-8,19H,9-10,17H2;1-2,5,10H,3-4,6-8,15H2;1-5,8H,6-7,14H2;3-4,6,15H,2,5,7-8,14H2,1H3. The van der Waals surface area contributed by atoms with E-state index in [2.05, 4.69) is 48.6 Å². The normalized spacial score (nSPS) is 16.2. The topological polar surface area (TPSA) is 273 Å². The highest BCUT2D eigenvalue weighted by molar-refractivity contribution is 6.18. The number of carbonyl (C=O) groups excluding carboxylic acids is 4. The summed E-state index contributed by atoms with van der Waals surface area (Å²) < 4.78 is 7.29. The molecule has 1 aromatic heterocycles. The van der Waals surface area contributed by atoms with Crippen LogP contribution in [0.2, 0.25) is 0 Å². The van der Waals surface area contributed by atoms with E-state index in [1.54, 1.807) is 12.5 Å². The third-order valence-electron chi connectivity index (χ3n) is 12.8. The number of aromatic nitrogens is 2. The molecule has 0 aliphatic carbocycles. The monoisotopic (exact) mass is 980 g/mol. The van der Waals surface area contributed by atoms with E-state index in [4.69, 9.17) is 27.7 Å². The fourth-order valence-corrected chi connectivity index (χ4v) is 8.93. The molecule has 5 aromatic carbocycles. The lowest BCUT2D eigenvalue weighted by atomic mass is 9.90. The Kier molecular flexibility index (Phi) is 17.2. The zero-order chi connectivity index (χ0) is 51.3. The maximum Gasteiger partial charge on any atom is 0.184 e. The number of aliphatic imine (C=N–C) groups is 4. The molecule has 5 aliphatic heterocycles. The lowest BCUT2D eigenvalue weighted by Crippen LogP contribution is -2.25. The van der Waals surface area contributed by atoms with Crippen molar-refractivity contribution in [1.29, 1.82) is 0 Å². The number of nitrogens with one attached hydrogen (secondary N) is 2. The van der Waals surface area contributed by atoms with Crippen molar-refractivity contribution in [3.8, 4) is 5.69 Å². The summed E-state index contributed by atoms with van der Waals surface area (Å²) >= 11 is 0. The predicted octanol–water partition coefficient (Wildman–Crippen LogP) is 5.78. The van der Waals surface area contributed by atoms with Gasteiger partial charge in [-0.3, -0.25) is 39.1 Å². The Balaban J connectivity index is 0.000000130. The van der Waals surface area contributed by atoms with Crippen LogP contribution < -0.4 is 33.6 Å². The number of imidazole rings is 1. The zero-order valence-corrected chi connectivity index (χ0v) is 40.9. The van der Waals surface area contributed by atoms with Crippen LogP contribution in [-0.2, 0) is 4.74 Å². The van der Waals surface area contributed by atoms with E-state index in [9.17, 15) is 19.2 Å². The molecule has 1 saturated heterocycles. The lowest BCUT2D eigenvalue weighted by Gasteiger charge is -2.17. The van der Waals surface area contributed by atoms with E-state index in [1.165, 1.54) is 5.56 Å². The summed E-state index contributed by atoms with van der Waals surface area (Å²) in [5.41, 5.74) is 37.3. The number of carbonyl (C=O) groups is 4. The second kappa shape index (κ2) is 24.5. The summed E-state index contributed by atoms with van der Waals surface area (Å²) in [6.45, 7) is 6.88. The number of ether oxygens (including phenoxy) is 1. The first-order valence-electron chi connectivity index (χ1n) is 24.4. The van der Waals surface area contributed by atoms with Gasteiger partial charge in [0.15, 0.2) is 23.1 Å². The molecule has 1 atom stereocenters. The number of nitrogens with two attached hydrogens (primary N) is 4. The Bertz CT molecular complexity index is 3120. The average molecular weight is 981 g/mol. The highest BCUT2D eigenvalue weighted by atomic mass is 16.5. The Morgan fingerprint density at radius 2 is 1.08 bits per heavy atom. The summed E-state index contributed by atoms with van der Waals surface area (Å²) in [5.74, 6) is 0.661. The van der Waals surface area contributed by atoms with Crippen molar-refractivity contribution < 1.29 is 23.9 Å². The highest BCUT2D eigenvalue weighted by Gasteiger charge is 2.25. The van der Waals surface area contributed by atoms with Crippen LogP contribution >= 0.6 is 0 Å². The Morgan fingerprint density at radius 3 is 1.62 bits per heavy atom. The van der Waals surface area contributed by atoms with E-state index in [1.807, 2.05) is 108 Å². The van der Waals surface area contributed by atoms with E-state index >= 15 is 0 Å². The first-order valence-corrected chi connectivity index (χ1v) is 24.4. The van der Waals surface area contributed by atoms with Gasteiger partial charge in [0.1, 0.15) is 26.2 Å². The van der Waals surface area contributed by atoms with Crippen LogP contribution in [0.15, 0.2) is 142 Å². The molecule has 0 bridgehead atoms. The number of hydrogen-bond acceptors (Lipinski definition) is 16. The largest absolute Gasteiger partial charge is 0.385 e. The molecule has 374 valence electrons. The van der Waals surface area contributed by atoms with Gasteiger partial charge in [0.05, 0.1) is 35.8 Å². The van der Waals surface area contributed by atoms with Gasteiger partial charge in [-0.1, -0.05) is 49.4 Å². The first kappa shape index (κ1) is 51.4. The SMILES string of the molecule is CCCNc1ccc2c(c1)C(=O)CN=C2CN.NCC1=NCC(=O)c2cc(Nc3ccccc3)ccc21.NCC1=NCC(=O)c2ccc(-n3ccnc3)cc21.NCC1=NCC(=O)c2ccc(C3CCOC3)cc21. The van der Waals surface area contributed by atoms with Crippen molar-refractivity contribution >= 4 is 63.0 Å². The first-order chi connectivity index (χ1) is 35.6. The molecule has 1 unspecified atom stereocenters. The number of anilines is 3. The van der Waals surface area contributed by atoms with Crippen LogP contribution in [0, 0.1) is 0 Å². The Hall–Kier alpha value is -7.93. The van der Waals surface area contributed by atoms with E-state index in [-0.39, 0.29) is 49.3 Å². The molecule has 6 heterocycles. The van der Waals surface area contributed by atoms with Gasteiger partial charge in [0, 0.05) is 125 Å². The van der Waals surface area contributed by atoms with Crippen LogP contribution in [0.1, 0.15) is 94.9 Å². The van der Waals surface area contributed by atoms with Crippen molar-refractivity contribution in [3.05, 3.63) is 172 Å². The van der Waals surface area contributed by atoms with E-state index in [0.29, 0.717) is 43.2 Å². The van der Waals surface area contributed by atoms with Crippen molar-refractivity contribution in [2.45, 2.75) is 25.7 Å². The molecule has 73 heavy (non-hydrogen) atoms. The second-order valence-electron chi connectivity index (χ2n) is 17.6. The highest BCUT2D eigenvalue weighted by Crippen LogP contribution is 2.29. The van der Waals surface area contributed by atoms with Crippen LogP contribution in [0.5, 0.6) is 0 Å². The maximum atomic E-state index is 12.0. The second-order valence-corrected chi connectivity index (χ2v) is 17.6. The number of ketones is 4. The van der Waals surface area contributed by atoms with Crippen molar-refractivity contribution in [1.82, 2.24) is 9.55 Å². The van der Waals surface area contributed by atoms with Gasteiger partial charge in [-0.25, -0.2) is 4.98 Å². The maximum absolute atomic E-state index is 12.0. The molecule has 0 amide bonds. The third-order valence-corrected chi connectivity index (χ3v) is 12.8. The molecule has 5 aliphatic rings. The molecule has 11 rings (SSSR count). The number of hydrogen-bond donors (Lipinski definition) is 6. The molecular weight excluding hydrogens is 921 g/mol. The fraction of sp³-hybridized carbons (Fsp3) is 0.268. The molecule has 10 N–H and O–H groups in total. The van der Waals surface area contributed by atoms with Crippen LogP contribution in [0.3, 0.4) is 0 Å². The lowest BCUT2D eigenvalue weighted by molar-refractivity contribution is 0.0992. The number of benzene rings is 5. The molecule has 1 fully saturated rings. The average Bonchev–Trinajstić information content (AvgIpc) is 4.19. The third kappa shape index (κ3) is 12.2. The van der Waals surface area contributed by atoms with Crippen molar-refractivity contribution in [2.24, 2.45) is 42.9 Å². The van der Waals surface area contributed by atoms with Crippen LogP contribution in [-0.4, -0.2) is 128 Å². The predicted molar refractivity (Wildman–Crippen MR) is 289 cm³/mol. The summed E-state index contributed by atoms with van der Waals surface area (Å²) in [6.07, 6.45) is 7.38. The van der Waals surface area contributed by atoms with Gasteiger partial charge < -0.3 is 42.9 Å². The minimum atomic E-state index is 0.0360. The summed E-state index contributed by atoms with van der Waals surface area (Å²) in [7, 11) is 0. The fourth-order valence-electron chi connectivity index (χ4n) is 8.93. The number of para-hydroxylation sites is 1. The number of fused-ring (bicyclic) bond motifs is 4. The zero-order valence-electron chi connectivity index (χ0n) is 40.9. The van der Waals surface area contributed by atoms with Gasteiger partial charge in [-0.2, -0.15) is 0 Å².